The number of nitrogens with zero attached hydrogens (tertiary/aromatic N) is 1. The smallest absolute Gasteiger partial charge is 0.166 e. The standard InChI is InChI=1S/C20H23NO2S/c1-20(22-14-15-23-20)13-12-18(16-17-8-4-2-5-9-17)21-24-19-10-6-3-7-11-19/h2-11H,12-16H2,1H3/b21-18-. The Hall–Kier alpha value is -1.62. The second kappa shape index (κ2) is 8.47. The summed E-state index contributed by atoms with van der Waals surface area (Å²) in [6, 6.07) is 20.7. The minimum Gasteiger partial charge on any atom is -0.348 e. The zero-order valence-corrected chi connectivity index (χ0v) is 14.8. The van der Waals surface area contributed by atoms with Crippen LogP contribution in [-0.2, 0) is 15.9 Å². The van der Waals surface area contributed by atoms with Gasteiger partial charge in [-0.25, -0.2) is 4.40 Å². The number of ether oxygens (including phenoxy) is 2. The van der Waals surface area contributed by atoms with Crippen molar-refractivity contribution in [1.82, 2.24) is 0 Å². The summed E-state index contributed by atoms with van der Waals surface area (Å²) in [7, 11) is 0. The van der Waals surface area contributed by atoms with Gasteiger partial charge in [0, 0.05) is 35.4 Å². The van der Waals surface area contributed by atoms with Gasteiger partial charge in [0.1, 0.15) is 0 Å². The maximum Gasteiger partial charge on any atom is 0.166 e. The van der Waals surface area contributed by atoms with Gasteiger partial charge in [-0.1, -0.05) is 48.5 Å². The van der Waals surface area contributed by atoms with E-state index in [2.05, 4.69) is 36.4 Å². The molecule has 1 aliphatic heterocycles. The Bertz CT molecular complexity index is 652. The highest BCUT2D eigenvalue weighted by molar-refractivity contribution is 7.98. The summed E-state index contributed by atoms with van der Waals surface area (Å²) in [5.74, 6) is -0.463. The van der Waals surface area contributed by atoms with E-state index in [1.54, 1.807) is 0 Å². The molecule has 4 heteroatoms. The van der Waals surface area contributed by atoms with Crippen LogP contribution in [0.2, 0.25) is 0 Å². The minimum atomic E-state index is -0.463. The van der Waals surface area contributed by atoms with Gasteiger partial charge in [-0.15, -0.1) is 0 Å². The molecular weight excluding hydrogens is 318 g/mol. The van der Waals surface area contributed by atoms with Gasteiger partial charge in [0.05, 0.1) is 13.2 Å². The Morgan fingerprint density at radius 3 is 2.29 bits per heavy atom. The Morgan fingerprint density at radius 2 is 1.62 bits per heavy atom. The van der Waals surface area contributed by atoms with Crippen LogP contribution in [0.5, 0.6) is 0 Å². The second-order valence-corrected chi connectivity index (χ2v) is 6.89. The van der Waals surface area contributed by atoms with E-state index in [1.807, 2.05) is 31.2 Å². The lowest BCUT2D eigenvalue weighted by atomic mass is 10.0. The monoisotopic (exact) mass is 341 g/mol. The third-order valence-electron chi connectivity index (χ3n) is 4.04. The molecule has 0 aromatic heterocycles. The highest BCUT2D eigenvalue weighted by Gasteiger charge is 2.30. The van der Waals surface area contributed by atoms with E-state index < -0.39 is 5.79 Å². The molecule has 2 aromatic carbocycles. The maximum absolute atomic E-state index is 5.72. The Morgan fingerprint density at radius 1 is 1.00 bits per heavy atom. The molecule has 1 fully saturated rings. The highest BCUT2D eigenvalue weighted by Crippen LogP contribution is 2.26. The molecule has 0 aliphatic carbocycles. The fourth-order valence-electron chi connectivity index (χ4n) is 2.67. The molecule has 1 saturated heterocycles. The first-order valence-electron chi connectivity index (χ1n) is 8.33. The Balaban J connectivity index is 1.67. The van der Waals surface area contributed by atoms with Gasteiger partial charge in [0.2, 0.25) is 0 Å². The van der Waals surface area contributed by atoms with Crippen molar-refractivity contribution in [2.24, 2.45) is 4.40 Å². The molecule has 0 spiro atoms. The largest absolute Gasteiger partial charge is 0.348 e. The summed E-state index contributed by atoms with van der Waals surface area (Å²) in [6.45, 7) is 3.38. The first-order valence-corrected chi connectivity index (χ1v) is 9.10. The lowest BCUT2D eigenvalue weighted by Gasteiger charge is -2.22. The molecule has 3 nitrogen and oxygen atoms in total. The quantitative estimate of drug-likeness (QED) is 0.529. The van der Waals surface area contributed by atoms with Crippen LogP contribution in [0.3, 0.4) is 0 Å². The van der Waals surface area contributed by atoms with E-state index in [1.165, 1.54) is 17.5 Å². The predicted octanol–water partition coefficient (Wildman–Crippen LogP) is 4.92. The molecule has 0 radical (unpaired) electrons. The fraction of sp³-hybridized carbons (Fsp3) is 0.350. The molecule has 0 unspecified atom stereocenters. The molecule has 0 N–H and O–H groups in total. The topological polar surface area (TPSA) is 30.8 Å². The molecule has 0 bridgehead atoms. The van der Waals surface area contributed by atoms with Crippen molar-refractivity contribution in [3.63, 3.8) is 0 Å². The van der Waals surface area contributed by atoms with Gasteiger partial charge < -0.3 is 9.47 Å². The van der Waals surface area contributed by atoms with Crippen LogP contribution in [0.4, 0.5) is 0 Å². The molecular formula is C20H23NO2S. The number of rotatable bonds is 7. The Kier molecular flexibility index (Phi) is 6.07. The molecule has 1 heterocycles. The van der Waals surface area contributed by atoms with Gasteiger partial charge in [-0.3, -0.25) is 0 Å². The van der Waals surface area contributed by atoms with Crippen LogP contribution in [0.1, 0.15) is 25.3 Å². The SMILES string of the molecule is CC1(CC/C(Cc2ccccc2)=N/Sc2ccccc2)OCCO1. The van der Waals surface area contributed by atoms with E-state index in [4.69, 9.17) is 13.9 Å². The van der Waals surface area contributed by atoms with Crippen LogP contribution in [0, 0.1) is 0 Å². The third kappa shape index (κ3) is 5.20. The first kappa shape index (κ1) is 17.2. The minimum absolute atomic E-state index is 0.463. The maximum atomic E-state index is 5.72. The van der Waals surface area contributed by atoms with Crippen LogP contribution in [0.25, 0.3) is 0 Å². The van der Waals surface area contributed by atoms with E-state index >= 15 is 0 Å². The molecule has 0 amide bonds. The van der Waals surface area contributed by atoms with Crippen LogP contribution >= 0.6 is 11.9 Å². The molecule has 1 aliphatic rings. The first-order chi connectivity index (χ1) is 11.7. The van der Waals surface area contributed by atoms with Crippen molar-refractivity contribution in [1.29, 1.82) is 0 Å². The van der Waals surface area contributed by atoms with Crippen molar-refractivity contribution in [2.45, 2.75) is 36.9 Å². The van der Waals surface area contributed by atoms with E-state index in [9.17, 15) is 0 Å². The third-order valence-corrected chi connectivity index (χ3v) is 4.87. The van der Waals surface area contributed by atoms with Crippen molar-refractivity contribution in [2.75, 3.05) is 13.2 Å². The van der Waals surface area contributed by atoms with Crippen LogP contribution in [-0.4, -0.2) is 24.7 Å². The number of hydrogen-bond donors (Lipinski definition) is 0. The fourth-order valence-corrected chi connectivity index (χ4v) is 3.34. The molecule has 24 heavy (non-hydrogen) atoms. The van der Waals surface area contributed by atoms with Gasteiger partial charge in [-0.05, 0) is 31.0 Å². The summed E-state index contributed by atoms with van der Waals surface area (Å²) in [6.07, 6.45) is 2.55. The van der Waals surface area contributed by atoms with E-state index in [0.29, 0.717) is 13.2 Å². The average Bonchev–Trinajstić information content (AvgIpc) is 3.06. The summed E-state index contributed by atoms with van der Waals surface area (Å²) in [5, 5.41) is 0. The van der Waals surface area contributed by atoms with Gasteiger partial charge >= 0.3 is 0 Å². The number of benzene rings is 2. The molecule has 0 atom stereocenters. The molecule has 126 valence electrons. The molecule has 2 aromatic rings. The summed E-state index contributed by atoms with van der Waals surface area (Å²) in [4.78, 5) is 1.16. The van der Waals surface area contributed by atoms with Gasteiger partial charge in [-0.2, -0.15) is 0 Å². The molecule has 0 saturated carbocycles. The van der Waals surface area contributed by atoms with E-state index in [-0.39, 0.29) is 0 Å². The van der Waals surface area contributed by atoms with Crippen molar-refractivity contribution in [3.8, 4) is 0 Å². The molecule has 3 rings (SSSR count). The summed E-state index contributed by atoms with van der Waals surface area (Å²) in [5.41, 5.74) is 2.44. The van der Waals surface area contributed by atoms with Crippen molar-refractivity contribution in [3.05, 3.63) is 66.2 Å². The second-order valence-electron chi connectivity index (χ2n) is 6.05. The van der Waals surface area contributed by atoms with Crippen LogP contribution < -0.4 is 0 Å². The van der Waals surface area contributed by atoms with Gasteiger partial charge in [0.15, 0.2) is 5.79 Å². The Labute approximate surface area is 148 Å². The number of hydrogen-bond acceptors (Lipinski definition) is 4. The lowest BCUT2D eigenvalue weighted by molar-refractivity contribution is -0.145. The van der Waals surface area contributed by atoms with Crippen molar-refractivity contribution >= 4 is 17.7 Å². The summed E-state index contributed by atoms with van der Waals surface area (Å²) >= 11 is 1.54. The zero-order chi connectivity index (χ0) is 16.7. The predicted molar refractivity (Wildman–Crippen MR) is 99.4 cm³/mol. The zero-order valence-electron chi connectivity index (χ0n) is 14.0. The van der Waals surface area contributed by atoms with Crippen molar-refractivity contribution < 1.29 is 9.47 Å². The average molecular weight is 341 g/mol. The highest BCUT2D eigenvalue weighted by atomic mass is 32.2. The summed E-state index contributed by atoms with van der Waals surface area (Å²) < 4.78 is 16.2. The van der Waals surface area contributed by atoms with Crippen LogP contribution in [0.15, 0.2) is 70.0 Å². The van der Waals surface area contributed by atoms with E-state index in [0.717, 1.165) is 29.9 Å². The normalized spacial score (nSPS) is 17.1. The van der Waals surface area contributed by atoms with Gasteiger partial charge in [0.25, 0.3) is 0 Å². The lowest BCUT2D eigenvalue weighted by Crippen LogP contribution is -2.26.